The van der Waals surface area contributed by atoms with Crippen molar-refractivity contribution >= 4 is 17.1 Å². The number of piperidine rings is 1. The van der Waals surface area contributed by atoms with Crippen molar-refractivity contribution in [2.24, 2.45) is 0 Å². The fraction of sp³-hybridized carbons (Fsp3) is 0.480. The molecule has 2 aromatic rings. The number of hydrogen-bond donors (Lipinski definition) is 2. The van der Waals surface area contributed by atoms with E-state index in [0.717, 1.165) is 59.6 Å². The van der Waals surface area contributed by atoms with Crippen LogP contribution in [0.15, 0.2) is 30.5 Å². The van der Waals surface area contributed by atoms with Gasteiger partial charge >= 0.3 is 0 Å². The Balaban J connectivity index is 1.66. The van der Waals surface area contributed by atoms with Crippen LogP contribution < -0.4 is 26.1 Å². The molecule has 0 aliphatic carbocycles. The summed E-state index contributed by atoms with van der Waals surface area (Å²) in [6.07, 6.45) is 1.27. The lowest BCUT2D eigenvalue weighted by Gasteiger charge is -2.36. The summed E-state index contributed by atoms with van der Waals surface area (Å²) < 4.78 is 41.0. The first-order valence-electron chi connectivity index (χ1n) is 11.4. The summed E-state index contributed by atoms with van der Waals surface area (Å²) in [7, 11) is 4.25. The quantitative estimate of drug-likeness (QED) is 0.696. The van der Waals surface area contributed by atoms with E-state index in [1.165, 1.54) is 6.07 Å². The van der Waals surface area contributed by atoms with Gasteiger partial charge in [0.2, 0.25) is 0 Å². The number of nitrogens with one attached hydrogen (secondary N) is 2. The number of alkyl halides is 2. The number of fused-ring (bicyclic) bond motifs is 1. The van der Waals surface area contributed by atoms with Crippen LogP contribution in [-0.2, 0) is 0 Å². The van der Waals surface area contributed by atoms with E-state index in [-0.39, 0.29) is 5.56 Å². The number of benzene rings is 1. The van der Waals surface area contributed by atoms with Crippen LogP contribution in [0.4, 0.5) is 18.9 Å². The minimum Gasteiger partial charge on any atom is -0.381 e. The van der Waals surface area contributed by atoms with Gasteiger partial charge in [-0.3, -0.25) is 4.98 Å². The molecule has 4 rings (SSSR count). The average molecular weight is 460 g/mol. The summed E-state index contributed by atoms with van der Waals surface area (Å²) >= 11 is 0. The Kier molecular flexibility index (Phi) is 6.83. The SMILES string of the molecule is CC1=c2ncc(N3CCC(N(C)C)CC3)cc2=C(N[C@H](C)c2cccc(C(F)F)c2F)CN1. The first kappa shape index (κ1) is 23.4. The Morgan fingerprint density at radius 1 is 1.18 bits per heavy atom. The molecular formula is C25H32F3N5. The van der Waals surface area contributed by atoms with Crippen molar-refractivity contribution in [3.63, 3.8) is 0 Å². The van der Waals surface area contributed by atoms with Crippen molar-refractivity contribution < 1.29 is 13.2 Å². The van der Waals surface area contributed by atoms with Crippen molar-refractivity contribution in [3.8, 4) is 0 Å². The molecule has 0 radical (unpaired) electrons. The third kappa shape index (κ3) is 4.81. The van der Waals surface area contributed by atoms with Gasteiger partial charge in [-0.1, -0.05) is 18.2 Å². The lowest BCUT2D eigenvalue weighted by molar-refractivity contribution is 0.146. The number of nitrogens with zero attached hydrogens (tertiary/aromatic N) is 3. The van der Waals surface area contributed by atoms with Gasteiger partial charge in [0.05, 0.1) is 35.4 Å². The highest BCUT2D eigenvalue weighted by molar-refractivity contribution is 5.58. The van der Waals surface area contributed by atoms with Gasteiger partial charge in [0.1, 0.15) is 5.82 Å². The molecule has 1 atom stereocenters. The minimum absolute atomic E-state index is 0.225. The van der Waals surface area contributed by atoms with E-state index in [2.05, 4.69) is 40.6 Å². The molecule has 1 aromatic heterocycles. The summed E-state index contributed by atoms with van der Waals surface area (Å²) in [6, 6.07) is 6.42. The summed E-state index contributed by atoms with van der Waals surface area (Å²) in [5.41, 5.74) is 2.58. The van der Waals surface area contributed by atoms with Crippen LogP contribution in [0, 0.1) is 5.82 Å². The van der Waals surface area contributed by atoms with Crippen LogP contribution in [0.1, 0.15) is 50.3 Å². The molecule has 33 heavy (non-hydrogen) atoms. The summed E-state index contributed by atoms with van der Waals surface area (Å²) in [4.78, 5) is 9.37. The van der Waals surface area contributed by atoms with Crippen LogP contribution in [0.2, 0.25) is 0 Å². The molecule has 1 saturated heterocycles. The van der Waals surface area contributed by atoms with Gasteiger partial charge in [0.15, 0.2) is 0 Å². The number of pyridine rings is 1. The largest absolute Gasteiger partial charge is 0.381 e. The first-order chi connectivity index (χ1) is 15.8. The number of rotatable bonds is 6. The number of hydrogen-bond acceptors (Lipinski definition) is 5. The van der Waals surface area contributed by atoms with Crippen molar-refractivity contribution in [3.05, 3.63) is 58.0 Å². The van der Waals surface area contributed by atoms with Gasteiger partial charge in [0, 0.05) is 41.3 Å². The molecule has 0 bridgehead atoms. The Morgan fingerprint density at radius 3 is 2.55 bits per heavy atom. The highest BCUT2D eigenvalue weighted by Crippen LogP contribution is 2.27. The van der Waals surface area contributed by atoms with Crippen LogP contribution in [-0.4, -0.2) is 49.7 Å². The number of halogens is 3. The highest BCUT2D eigenvalue weighted by Gasteiger charge is 2.23. The Labute approximate surface area is 193 Å². The Bertz CT molecular complexity index is 1120. The predicted molar refractivity (Wildman–Crippen MR) is 126 cm³/mol. The molecule has 0 saturated carbocycles. The second-order valence-corrected chi connectivity index (χ2v) is 9.15. The van der Waals surface area contributed by atoms with E-state index in [9.17, 15) is 13.2 Å². The molecule has 178 valence electrons. The van der Waals surface area contributed by atoms with Crippen LogP contribution in [0.3, 0.4) is 0 Å². The summed E-state index contributed by atoms with van der Waals surface area (Å²) in [6.45, 7) is 6.24. The summed E-state index contributed by atoms with van der Waals surface area (Å²) in [5.74, 6) is -0.851. The molecule has 5 nitrogen and oxygen atoms in total. The Morgan fingerprint density at radius 2 is 1.88 bits per heavy atom. The fourth-order valence-corrected chi connectivity index (χ4v) is 4.74. The van der Waals surface area contributed by atoms with Crippen molar-refractivity contribution in [1.82, 2.24) is 20.5 Å². The van der Waals surface area contributed by atoms with Crippen molar-refractivity contribution in [1.29, 1.82) is 0 Å². The maximum atomic E-state index is 14.7. The first-order valence-corrected chi connectivity index (χ1v) is 11.4. The van der Waals surface area contributed by atoms with Gasteiger partial charge in [-0.05, 0) is 46.9 Å². The zero-order chi connectivity index (χ0) is 23.7. The zero-order valence-electron chi connectivity index (χ0n) is 19.6. The molecule has 2 aliphatic heterocycles. The zero-order valence-corrected chi connectivity index (χ0v) is 19.6. The highest BCUT2D eigenvalue weighted by atomic mass is 19.3. The van der Waals surface area contributed by atoms with Crippen molar-refractivity contribution in [2.45, 2.75) is 45.2 Å². The molecule has 1 fully saturated rings. The van der Waals surface area contributed by atoms with Gasteiger partial charge in [-0.2, -0.15) is 0 Å². The molecule has 1 aromatic carbocycles. The lowest BCUT2D eigenvalue weighted by atomic mass is 10.0. The monoisotopic (exact) mass is 459 g/mol. The maximum absolute atomic E-state index is 14.7. The molecule has 8 heteroatoms. The van der Waals surface area contributed by atoms with Crippen LogP contribution >= 0.6 is 0 Å². The van der Waals surface area contributed by atoms with E-state index >= 15 is 0 Å². The van der Waals surface area contributed by atoms with E-state index in [4.69, 9.17) is 4.98 Å². The van der Waals surface area contributed by atoms with Gasteiger partial charge in [-0.25, -0.2) is 13.2 Å². The van der Waals surface area contributed by atoms with Gasteiger partial charge < -0.3 is 20.4 Å². The number of aromatic nitrogens is 1. The molecule has 2 aliphatic rings. The topological polar surface area (TPSA) is 43.4 Å². The molecule has 2 N–H and O–H groups in total. The molecule has 3 heterocycles. The summed E-state index contributed by atoms with van der Waals surface area (Å²) in [5, 5.41) is 8.51. The average Bonchev–Trinajstić information content (AvgIpc) is 2.80. The second-order valence-electron chi connectivity index (χ2n) is 9.15. The number of anilines is 1. The second kappa shape index (κ2) is 9.63. The molecule has 0 unspecified atom stereocenters. The standard InChI is InChI=1S/C25H32F3N5/c1-15(19-6-5-7-20(23(19)26)25(27)28)31-22-14-29-16(2)24-21(22)12-18(13-30-24)33-10-8-17(9-11-33)32(3)4/h5-7,12-13,15,17,25,29,31H,8-11,14H2,1-4H3/t15-/m1/s1. The smallest absolute Gasteiger partial charge is 0.266 e. The third-order valence-corrected chi connectivity index (χ3v) is 6.79. The normalized spacial score (nSPS) is 17.9. The molecule has 0 amide bonds. The molecule has 0 spiro atoms. The fourth-order valence-electron chi connectivity index (χ4n) is 4.74. The van der Waals surface area contributed by atoms with E-state index < -0.39 is 23.8 Å². The molecular weight excluding hydrogens is 427 g/mol. The van der Waals surface area contributed by atoms with Crippen molar-refractivity contribution in [2.75, 3.05) is 38.6 Å². The minimum atomic E-state index is -2.84. The maximum Gasteiger partial charge on any atom is 0.266 e. The lowest BCUT2D eigenvalue weighted by Crippen LogP contribution is -2.47. The predicted octanol–water partition coefficient (Wildman–Crippen LogP) is 2.88. The van der Waals surface area contributed by atoms with Crippen LogP contribution in [0.5, 0.6) is 0 Å². The Hall–Kier alpha value is -2.74. The van der Waals surface area contributed by atoms with E-state index in [1.54, 1.807) is 13.0 Å². The van der Waals surface area contributed by atoms with Crippen LogP contribution in [0.25, 0.3) is 11.4 Å². The van der Waals surface area contributed by atoms with Gasteiger partial charge in [0.25, 0.3) is 6.43 Å². The third-order valence-electron chi connectivity index (χ3n) is 6.79. The van der Waals surface area contributed by atoms with E-state index in [1.807, 2.05) is 13.1 Å². The van der Waals surface area contributed by atoms with Gasteiger partial charge in [-0.15, -0.1) is 0 Å². The van der Waals surface area contributed by atoms with E-state index in [0.29, 0.717) is 12.6 Å².